The molecule has 0 aliphatic rings. The number of imidazole rings is 1. The number of hydrogen-bond donors (Lipinski definition) is 1. The van der Waals surface area contributed by atoms with Crippen LogP contribution in [0, 0.1) is 11.7 Å². The van der Waals surface area contributed by atoms with Crippen molar-refractivity contribution < 1.29 is 8.42 Å². The number of rotatable bonds is 3. The van der Waals surface area contributed by atoms with Crippen LogP contribution in [0.1, 0.15) is 19.5 Å². The van der Waals surface area contributed by atoms with E-state index in [1.165, 1.54) is 6.26 Å². The summed E-state index contributed by atoms with van der Waals surface area (Å²) in [5.41, 5.74) is 2.52. The SMILES string of the molecule is Cc1nn(C)c2c1[nH]c(=S)n2CC(C)(C)S(C)(=O)=O. The summed E-state index contributed by atoms with van der Waals surface area (Å²) in [7, 11) is -1.36. The van der Waals surface area contributed by atoms with E-state index in [9.17, 15) is 8.42 Å². The third-order valence-electron chi connectivity index (χ3n) is 3.47. The van der Waals surface area contributed by atoms with Crippen molar-refractivity contribution in [2.75, 3.05) is 6.26 Å². The molecule has 1 N–H and O–H groups in total. The van der Waals surface area contributed by atoms with E-state index in [1.807, 2.05) is 14.0 Å². The van der Waals surface area contributed by atoms with Crippen LogP contribution in [0.15, 0.2) is 0 Å². The molecular formula is C11H18N4O2S2. The van der Waals surface area contributed by atoms with Crippen molar-refractivity contribution >= 4 is 33.2 Å². The molecule has 8 heteroatoms. The predicted molar refractivity (Wildman–Crippen MR) is 77.5 cm³/mol. The molecule has 0 bridgehead atoms. The summed E-state index contributed by atoms with van der Waals surface area (Å²) in [5.74, 6) is 0. The van der Waals surface area contributed by atoms with Crippen LogP contribution < -0.4 is 0 Å². The number of H-pyrrole nitrogens is 1. The third-order valence-corrected chi connectivity index (χ3v) is 5.93. The second kappa shape index (κ2) is 4.17. The minimum absolute atomic E-state index is 0.295. The van der Waals surface area contributed by atoms with Gasteiger partial charge in [-0.15, -0.1) is 0 Å². The summed E-state index contributed by atoms with van der Waals surface area (Å²) in [6.07, 6.45) is 1.24. The fourth-order valence-corrected chi connectivity index (χ4v) is 2.63. The first kappa shape index (κ1) is 14.3. The van der Waals surface area contributed by atoms with E-state index in [-0.39, 0.29) is 0 Å². The van der Waals surface area contributed by atoms with Crippen LogP contribution in [0.4, 0.5) is 0 Å². The molecule has 2 aromatic heterocycles. The number of aryl methyl sites for hydroxylation is 2. The lowest BCUT2D eigenvalue weighted by Gasteiger charge is -2.23. The van der Waals surface area contributed by atoms with Crippen molar-refractivity contribution in [3.05, 3.63) is 10.5 Å². The molecule has 2 rings (SSSR count). The van der Waals surface area contributed by atoms with Crippen molar-refractivity contribution in [1.29, 1.82) is 0 Å². The maximum absolute atomic E-state index is 11.8. The Morgan fingerprint density at radius 1 is 1.42 bits per heavy atom. The molecule has 2 heterocycles. The standard InChI is InChI=1S/C11H18N4O2S2/c1-7-8-9(14(4)13-7)15(10(18)12-8)6-11(2,3)19(5,16)17/h6H2,1-5H3,(H,12,18). The number of aromatic amines is 1. The zero-order valence-electron chi connectivity index (χ0n) is 11.7. The minimum atomic E-state index is -3.18. The molecular weight excluding hydrogens is 284 g/mol. The summed E-state index contributed by atoms with van der Waals surface area (Å²) < 4.78 is 26.8. The maximum Gasteiger partial charge on any atom is 0.179 e. The summed E-state index contributed by atoms with van der Waals surface area (Å²) in [6.45, 7) is 5.58. The number of fused-ring (bicyclic) bond motifs is 1. The van der Waals surface area contributed by atoms with Crippen LogP contribution in [-0.2, 0) is 23.4 Å². The van der Waals surface area contributed by atoms with Crippen molar-refractivity contribution in [3.63, 3.8) is 0 Å². The van der Waals surface area contributed by atoms with Crippen molar-refractivity contribution in [1.82, 2.24) is 19.3 Å². The highest BCUT2D eigenvalue weighted by atomic mass is 32.2. The minimum Gasteiger partial charge on any atom is -0.328 e. The Hall–Kier alpha value is -1.15. The number of nitrogens with one attached hydrogen (secondary N) is 1. The first-order valence-corrected chi connectivity index (χ1v) is 8.16. The summed E-state index contributed by atoms with van der Waals surface area (Å²) in [6, 6.07) is 0. The summed E-state index contributed by atoms with van der Waals surface area (Å²) >= 11 is 5.29. The van der Waals surface area contributed by atoms with Gasteiger partial charge < -0.3 is 9.55 Å². The van der Waals surface area contributed by atoms with E-state index in [2.05, 4.69) is 10.1 Å². The quantitative estimate of drug-likeness (QED) is 0.873. The molecule has 106 valence electrons. The van der Waals surface area contributed by atoms with Crippen molar-refractivity contribution in [2.45, 2.75) is 32.1 Å². The molecule has 0 saturated carbocycles. The topological polar surface area (TPSA) is 72.7 Å². The molecule has 19 heavy (non-hydrogen) atoms. The van der Waals surface area contributed by atoms with Crippen LogP contribution in [0.2, 0.25) is 0 Å². The number of aromatic nitrogens is 4. The molecule has 0 saturated heterocycles. The molecule has 0 aliphatic carbocycles. The molecule has 0 aliphatic heterocycles. The normalized spacial score (nSPS) is 13.3. The van der Waals surface area contributed by atoms with Gasteiger partial charge in [0.1, 0.15) is 5.52 Å². The van der Waals surface area contributed by atoms with Gasteiger partial charge in [0.05, 0.1) is 10.4 Å². The van der Waals surface area contributed by atoms with Crippen LogP contribution in [0.25, 0.3) is 11.2 Å². The monoisotopic (exact) mass is 302 g/mol. The largest absolute Gasteiger partial charge is 0.328 e. The van der Waals surface area contributed by atoms with E-state index in [1.54, 1.807) is 23.1 Å². The van der Waals surface area contributed by atoms with Crippen LogP contribution in [0.5, 0.6) is 0 Å². The molecule has 0 radical (unpaired) electrons. The van der Waals surface area contributed by atoms with Gasteiger partial charge >= 0.3 is 0 Å². The molecule has 0 amide bonds. The van der Waals surface area contributed by atoms with Crippen LogP contribution in [-0.4, -0.2) is 38.8 Å². The van der Waals surface area contributed by atoms with E-state index in [0.29, 0.717) is 11.3 Å². The van der Waals surface area contributed by atoms with E-state index in [0.717, 1.165) is 16.9 Å². The van der Waals surface area contributed by atoms with Gasteiger partial charge in [-0.3, -0.25) is 4.68 Å². The highest BCUT2D eigenvalue weighted by Crippen LogP contribution is 2.23. The molecule has 0 atom stereocenters. The molecule has 0 fully saturated rings. The van der Waals surface area contributed by atoms with Gasteiger partial charge in [-0.05, 0) is 33.0 Å². The second-order valence-corrected chi connectivity index (χ2v) is 8.49. The Morgan fingerprint density at radius 2 is 2.00 bits per heavy atom. The lowest BCUT2D eigenvalue weighted by Crippen LogP contribution is -2.36. The van der Waals surface area contributed by atoms with Crippen molar-refractivity contribution in [2.24, 2.45) is 7.05 Å². The number of nitrogens with zero attached hydrogens (tertiary/aromatic N) is 3. The number of sulfone groups is 1. The fraction of sp³-hybridized carbons (Fsp3) is 0.636. The van der Waals surface area contributed by atoms with Gasteiger partial charge in [0.2, 0.25) is 0 Å². The lowest BCUT2D eigenvalue weighted by atomic mass is 10.2. The summed E-state index contributed by atoms with van der Waals surface area (Å²) in [5, 5.41) is 4.31. The Labute approximate surface area is 117 Å². The van der Waals surface area contributed by atoms with Gasteiger partial charge in [0.25, 0.3) is 0 Å². The molecule has 0 aromatic carbocycles. The average molecular weight is 302 g/mol. The van der Waals surface area contributed by atoms with Gasteiger partial charge in [-0.25, -0.2) is 8.42 Å². The van der Waals surface area contributed by atoms with Crippen LogP contribution >= 0.6 is 12.2 Å². The van der Waals surface area contributed by atoms with Gasteiger partial charge in [-0.2, -0.15) is 5.10 Å². The van der Waals surface area contributed by atoms with Gasteiger partial charge in [-0.1, -0.05) is 0 Å². The molecule has 0 unspecified atom stereocenters. The Balaban J connectivity index is 2.65. The zero-order chi connectivity index (χ0) is 14.6. The maximum atomic E-state index is 11.8. The van der Waals surface area contributed by atoms with Gasteiger partial charge in [0, 0.05) is 19.8 Å². The Bertz CT molecular complexity index is 793. The third kappa shape index (κ3) is 2.23. The van der Waals surface area contributed by atoms with E-state index < -0.39 is 14.6 Å². The molecule has 2 aromatic rings. The smallest absolute Gasteiger partial charge is 0.179 e. The summed E-state index contributed by atoms with van der Waals surface area (Å²) in [4.78, 5) is 3.09. The Morgan fingerprint density at radius 3 is 2.53 bits per heavy atom. The zero-order valence-corrected chi connectivity index (χ0v) is 13.3. The van der Waals surface area contributed by atoms with E-state index in [4.69, 9.17) is 12.2 Å². The predicted octanol–water partition coefficient (Wildman–Crippen LogP) is 1.56. The first-order chi connectivity index (χ1) is 8.54. The number of hydrogen-bond acceptors (Lipinski definition) is 4. The van der Waals surface area contributed by atoms with Gasteiger partial charge in [0.15, 0.2) is 20.3 Å². The Kier molecular flexibility index (Phi) is 3.13. The van der Waals surface area contributed by atoms with E-state index >= 15 is 0 Å². The molecule has 6 nitrogen and oxygen atoms in total. The highest BCUT2D eigenvalue weighted by molar-refractivity contribution is 7.92. The van der Waals surface area contributed by atoms with Crippen LogP contribution in [0.3, 0.4) is 0 Å². The second-order valence-electron chi connectivity index (χ2n) is 5.46. The molecule has 0 spiro atoms. The lowest BCUT2D eigenvalue weighted by molar-refractivity contribution is 0.501. The van der Waals surface area contributed by atoms with Crippen molar-refractivity contribution in [3.8, 4) is 0 Å². The highest BCUT2D eigenvalue weighted by Gasteiger charge is 2.32. The average Bonchev–Trinajstić information content (AvgIpc) is 2.66. The first-order valence-electron chi connectivity index (χ1n) is 5.86. The fourth-order valence-electron chi connectivity index (χ4n) is 2.02.